The van der Waals surface area contributed by atoms with E-state index in [4.69, 9.17) is 14.6 Å². The molecule has 0 spiro atoms. The molecule has 0 aliphatic rings. The van der Waals surface area contributed by atoms with Crippen LogP contribution in [0.4, 0.5) is 0 Å². The van der Waals surface area contributed by atoms with Crippen molar-refractivity contribution in [3.8, 4) is 11.5 Å². The Morgan fingerprint density at radius 2 is 2.05 bits per heavy atom. The second kappa shape index (κ2) is 8.77. The van der Waals surface area contributed by atoms with Crippen LogP contribution in [-0.4, -0.2) is 31.5 Å². The van der Waals surface area contributed by atoms with Crippen LogP contribution in [0, 0.1) is 0 Å². The summed E-state index contributed by atoms with van der Waals surface area (Å²) in [4.78, 5) is 0. The number of rotatable bonds is 9. The molecule has 2 N–H and O–H groups in total. The Kier molecular flexibility index (Phi) is 7.30. The summed E-state index contributed by atoms with van der Waals surface area (Å²) in [6.07, 6.45) is 1.63. The predicted octanol–water partition coefficient (Wildman–Crippen LogP) is 2.34. The molecule has 1 aromatic rings. The Morgan fingerprint density at radius 3 is 2.68 bits per heavy atom. The van der Waals surface area contributed by atoms with Crippen LogP contribution in [0.15, 0.2) is 18.2 Å². The topological polar surface area (TPSA) is 50.7 Å². The van der Waals surface area contributed by atoms with Crippen LogP contribution in [-0.2, 0) is 6.54 Å². The molecular weight excluding hydrogens is 242 g/mol. The van der Waals surface area contributed by atoms with E-state index < -0.39 is 0 Å². The predicted molar refractivity (Wildman–Crippen MR) is 76.8 cm³/mol. The minimum absolute atomic E-state index is 0.216. The van der Waals surface area contributed by atoms with Gasteiger partial charge in [0.05, 0.1) is 13.7 Å². The first kappa shape index (κ1) is 15.8. The lowest BCUT2D eigenvalue weighted by Crippen LogP contribution is -2.22. The van der Waals surface area contributed by atoms with Gasteiger partial charge in [-0.15, -0.1) is 0 Å². The second-order valence-electron chi connectivity index (χ2n) is 4.79. The standard InChI is InChI=1S/C15H25NO3/c1-12(2)16-11-13-10-14(18-3)6-7-15(13)19-9-5-4-8-17/h6-7,10,12,16-17H,4-5,8-9,11H2,1-3H3. The molecular formula is C15H25NO3. The van der Waals surface area contributed by atoms with E-state index in [0.717, 1.165) is 36.4 Å². The molecule has 108 valence electrons. The molecule has 0 aliphatic heterocycles. The van der Waals surface area contributed by atoms with Crippen molar-refractivity contribution in [3.05, 3.63) is 23.8 Å². The number of nitrogens with one attached hydrogen (secondary N) is 1. The van der Waals surface area contributed by atoms with E-state index in [0.29, 0.717) is 12.6 Å². The highest BCUT2D eigenvalue weighted by Crippen LogP contribution is 2.24. The number of benzene rings is 1. The first-order chi connectivity index (χ1) is 9.17. The molecule has 0 bridgehead atoms. The van der Waals surface area contributed by atoms with E-state index in [2.05, 4.69) is 19.2 Å². The van der Waals surface area contributed by atoms with Crippen molar-refractivity contribution < 1.29 is 14.6 Å². The van der Waals surface area contributed by atoms with Crippen molar-refractivity contribution in [2.24, 2.45) is 0 Å². The molecule has 0 aromatic heterocycles. The van der Waals surface area contributed by atoms with Crippen LogP contribution < -0.4 is 14.8 Å². The third kappa shape index (κ3) is 5.94. The van der Waals surface area contributed by atoms with Gasteiger partial charge in [0.25, 0.3) is 0 Å². The van der Waals surface area contributed by atoms with E-state index in [1.54, 1.807) is 7.11 Å². The zero-order valence-electron chi connectivity index (χ0n) is 12.1. The number of methoxy groups -OCH3 is 1. The zero-order chi connectivity index (χ0) is 14.1. The Bertz CT molecular complexity index is 366. The highest BCUT2D eigenvalue weighted by Gasteiger charge is 2.06. The molecule has 4 heteroatoms. The normalized spacial score (nSPS) is 10.8. The van der Waals surface area contributed by atoms with Crippen LogP contribution in [0.5, 0.6) is 11.5 Å². The summed E-state index contributed by atoms with van der Waals surface area (Å²) < 4.78 is 11.0. The van der Waals surface area contributed by atoms with Crippen molar-refractivity contribution in [2.45, 2.75) is 39.3 Å². The molecule has 0 fully saturated rings. The highest BCUT2D eigenvalue weighted by atomic mass is 16.5. The summed E-state index contributed by atoms with van der Waals surface area (Å²) in [5.41, 5.74) is 1.09. The van der Waals surface area contributed by atoms with Gasteiger partial charge in [-0.2, -0.15) is 0 Å². The minimum atomic E-state index is 0.216. The number of aliphatic hydroxyl groups is 1. The summed E-state index contributed by atoms with van der Waals surface area (Å²) >= 11 is 0. The van der Waals surface area contributed by atoms with Crippen molar-refractivity contribution in [1.29, 1.82) is 0 Å². The van der Waals surface area contributed by atoms with E-state index in [1.165, 1.54) is 0 Å². The SMILES string of the molecule is COc1ccc(OCCCCO)c(CNC(C)C)c1. The summed E-state index contributed by atoms with van der Waals surface area (Å²) in [5.74, 6) is 1.72. The monoisotopic (exact) mass is 267 g/mol. The third-order valence-corrected chi connectivity index (χ3v) is 2.78. The average Bonchev–Trinajstić information content (AvgIpc) is 2.42. The van der Waals surface area contributed by atoms with Crippen LogP contribution in [0.1, 0.15) is 32.3 Å². The van der Waals surface area contributed by atoms with Gasteiger partial charge in [0, 0.05) is 24.8 Å². The first-order valence-corrected chi connectivity index (χ1v) is 6.81. The van der Waals surface area contributed by atoms with Gasteiger partial charge in [-0.05, 0) is 31.0 Å². The number of aliphatic hydroxyl groups excluding tert-OH is 1. The maximum atomic E-state index is 8.75. The third-order valence-electron chi connectivity index (χ3n) is 2.78. The lowest BCUT2D eigenvalue weighted by atomic mass is 10.1. The van der Waals surface area contributed by atoms with Gasteiger partial charge in [0.15, 0.2) is 0 Å². The molecule has 0 saturated carbocycles. The number of hydrogen-bond donors (Lipinski definition) is 2. The second-order valence-corrected chi connectivity index (χ2v) is 4.79. The summed E-state index contributed by atoms with van der Waals surface area (Å²) in [6, 6.07) is 6.26. The molecule has 0 amide bonds. The lowest BCUT2D eigenvalue weighted by molar-refractivity contribution is 0.251. The molecule has 0 aliphatic carbocycles. The van der Waals surface area contributed by atoms with Crippen molar-refractivity contribution in [2.75, 3.05) is 20.3 Å². The van der Waals surface area contributed by atoms with E-state index in [1.807, 2.05) is 18.2 Å². The highest BCUT2D eigenvalue weighted by molar-refractivity contribution is 5.40. The van der Waals surface area contributed by atoms with Crippen LogP contribution in [0.2, 0.25) is 0 Å². The van der Waals surface area contributed by atoms with Crippen molar-refractivity contribution in [1.82, 2.24) is 5.32 Å². The van der Waals surface area contributed by atoms with E-state index in [-0.39, 0.29) is 6.61 Å². The maximum absolute atomic E-state index is 8.75. The Hall–Kier alpha value is -1.26. The Morgan fingerprint density at radius 1 is 1.26 bits per heavy atom. The quantitative estimate of drug-likeness (QED) is 0.674. The fourth-order valence-electron chi connectivity index (χ4n) is 1.67. The van der Waals surface area contributed by atoms with Gasteiger partial charge in [-0.25, -0.2) is 0 Å². The average molecular weight is 267 g/mol. The lowest BCUT2D eigenvalue weighted by Gasteiger charge is -2.15. The molecule has 4 nitrogen and oxygen atoms in total. The summed E-state index contributed by atoms with van der Waals surface area (Å²) in [7, 11) is 1.66. The first-order valence-electron chi connectivity index (χ1n) is 6.81. The van der Waals surface area contributed by atoms with E-state index >= 15 is 0 Å². The fourth-order valence-corrected chi connectivity index (χ4v) is 1.67. The summed E-state index contributed by atoms with van der Waals surface area (Å²) in [6.45, 7) is 5.82. The zero-order valence-corrected chi connectivity index (χ0v) is 12.1. The maximum Gasteiger partial charge on any atom is 0.124 e. The number of ether oxygens (including phenoxy) is 2. The molecule has 0 saturated heterocycles. The van der Waals surface area contributed by atoms with Crippen molar-refractivity contribution in [3.63, 3.8) is 0 Å². The molecule has 0 atom stereocenters. The van der Waals surface area contributed by atoms with Crippen LogP contribution in [0.25, 0.3) is 0 Å². The number of unbranched alkanes of at least 4 members (excludes halogenated alkanes) is 1. The molecule has 0 unspecified atom stereocenters. The van der Waals surface area contributed by atoms with Gasteiger partial charge >= 0.3 is 0 Å². The molecule has 0 heterocycles. The van der Waals surface area contributed by atoms with Crippen molar-refractivity contribution >= 4 is 0 Å². The number of hydrogen-bond acceptors (Lipinski definition) is 4. The van der Waals surface area contributed by atoms with Gasteiger partial charge in [-0.1, -0.05) is 13.8 Å². The van der Waals surface area contributed by atoms with Gasteiger partial charge in [0.1, 0.15) is 11.5 Å². The van der Waals surface area contributed by atoms with Crippen LogP contribution >= 0.6 is 0 Å². The van der Waals surface area contributed by atoms with E-state index in [9.17, 15) is 0 Å². The Balaban J connectivity index is 2.65. The summed E-state index contributed by atoms with van der Waals surface area (Å²) in [5, 5.41) is 12.1. The molecule has 0 radical (unpaired) electrons. The smallest absolute Gasteiger partial charge is 0.124 e. The molecule has 19 heavy (non-hydrogen) atoms. The van der Waals surface area contributed by atoms with Gasteiger partial charge in [-0.3, -0.25) is 0 Å². The molecule has 1 rings (SSSR count). The molecule has 1 aromatic carbocycles. The minimum Gasteiger partial charge on any atom is -0.497 e. The van der Waals surface area contributed by atoms with Gasteiger partial charge in [0.2, 0.25) is 0 Å². The fraction of sp³-hybridized carbons (Fsp3) is 0.600. The largest absolute Gasteiger partial charge is 0.497 e. The van der Waals surface area contributed by atoms with Gasteiger partial charge < -0.3 is 19.9 Å². The Labute approximate surface area is 115 Å². The van der Waals surface area contributed by atoms with Crippen LogP contribution in [0.3, 0.4) is 0 Å².